The van der Waals surface area contributed by atoms with Crippen molar-refractivity contribution in [1.29, 1.82) is 0 Å². The van der Waals surface area contributed by atoms with Crippen LogP contribution in [0, 0.1) is 5.41 Å². The molecule has 1 atom stereocenters. The lowest BCUT2D eigenvalue weighted by Crippen LogP contribution is -2.49. The smallest absolute Gasteiger partial charge is 0.242 e. The molecule has 116 valence electrons. The normalized spacial score (nSPS) is 18.8. The van der Waals surface area contributed by atoms with Crippen LogP contribution in [0.2, 0.25) is 0 Å². The van der Waals surface area contributed by atoms with Gasteiger partial charge in [-0.1, -0.05) is 20.8 Å². The number of rotatable bonds is 4. The van der Waals surface area contributed by atoms with E-state index in [2.05, 4.69) is 15.3 Å². The van der Waals surface area contributed by atoms with Gasteiger partial charge in [0.05, 0.1) is 6.33 Å². The van der Waals surface area contributed by atoms with Crippen LogP contribution in [0.1, 0.15) is 39.3 Å². The number of imidazole rings is 1. The lowest BCUT2D eigenvalue weighted by Gasteiger charge is -2.30. The molecule has 21 heavy (non-hydrogen) atoms. The van der Waals surface area contributed by atoms with Gasteiger partial charge in [-0.25, -0.2) is 4.98 Å². The van der Waals surface area contributed by atoms with E-state index in [1.54, 1.807) is 17.4 Å². The third kappa shape index (κ3) is 3.83. The zero-order chi connectivity index (χ0) is 15.5. The van der Waals surface area contributed by atoms with Gasteiger partial charge in [0, 0.05) is 36.8 Å². The number of likely N-dealkylation sites (tertiary alicyclic amines) is 1. The number of aromatic amines is 1. The third-order valence-corrected chi connectivity index (χ3v) is 3.71. The molecule has 2 amide bonds. The number of nitrogens with zero attached hydrogens (tertiary/aromatic N) is 2. The van der Waals surface area contributed by atoms with Gasteiger partial charge in [-0.3, -0.25) is 9.59 Å². The topological polar surface area (TPSA) is 78.1 Å². The summed E-state index contributed by atoms with van der Waals surface area (Å²) < 4.78 is 0. The standard InChI is InChI=1S/C15H24N4O2/c1-15(2,3)14(21)19-8-4-5-12(19)13(20)17-7-6-11-9-16-10-18-11/h9-10,12H,4-8H2,1-3H3,(H,16,18)(H,17,20). The number of carbonyl (C=O) groups is 2. The van der Waals surface area contributed by atoms with Crippen molar-refractivity contribution < 1.29 is 9.59 Å². The van der Waals surface area contributed by atoms with E-state index in [0.717, 1.165) is 18.5 Å². The molecule has 6 nitrogen and oxygen atoms in total. The number of carbonyl (C=O) groups excluding carboxylic acids is 2. The monoisotopic (exact) mass is 292 g/mol. The molecule has 6 heteroatoms. The summed E-state index contributed by atoms with van der Waals surface area (Å²) in [6.45, 7) is 6.90. The van der Waals surface area contributed by atoms with E-state index in [4.69, 9.17) is 0 Å². The molecule has 1 aliphatic heterocycles. The Bertz CT molecular complexity index is 490. The molecule has 1 saturated heterocycles. The van der Waals surface area contributed by atoms with Gasteiger partial charge >= 0.3 is 0 Å². The summed E-state index contributed by atoms with van der Waals surface area (Å²) in [4.78, 5) is 33.3. The highest BCUT2D eigenvalue weighted by Crippen LogP contribution is 2.25. The minimum absolute atomic E-state index is 0.0497. The van der Waals surface area contributed by atoms with E-state index < -0.39 is 5.41 Å². The van der Waals surface area contributed by atoms with Crippen LogP contribution in [-0.4, -0.2) is 45.8 Å². The first-order valence-corrected chi connectivity index (χ1v) is 7.45. The zero-order valence-corrected chi connectivity index (χ0v) is 13.0. The predicted octanol–water partition coefficient (Wildman–Crippen LogP) is 1.11. The number of aromatic nitrogens is 2. The summed E-state index contributed by atoms with van der Waals surface area (Å²) in [5, 5.41) is 2.92. The molecule has 0 radical (unpaired) electrons. The van der Waals surface area contributed by atoms with E-state index in [1.165, 1.54) is 0 Å². The molecule has 0 aliphatic carbocycles. The average molecular weight is 292 g/mol. The molecule has 2 heterocycles. The van der Waals surface area contributed by atoms with Crippen LogP contribution in [0.25, 0.3) is 0 Å². The SMILES string of the molecule is CC(C)(C)C(=O)N1CCCC1C(=O)NCCc1cnc[nH]1. The second-order valence-corrected chi connectivity index (χ2v) is 6.52. The van der Waals surface area contributed by atoms with Gasteiger partial charge in [-0.15, -0.1) is 0 Å². The van der Waals surface area contributed by atoms with Gasteiger partial charge in [0.1, 0.15) is 6.04 Å². The zero-order valence-electron chi connectivity index (χ0n) is 13.0. The Balaban J connectivity index is 1.87. The maximum Gasteiger partial charge on any atom is 0.242 e. The molecule has 2 rings (SSSR count). The molecule has 0 bridgehead atoms. The summed E-state index contributed by atoms with van der Waals surface area (Å²) in [7, 11) is 0. The molecule has 1 unspecified atom stereocenters. The summed E-state index contributed by atoms with van der Waals surface area (Å²) in [5.74, 6) is -0.00154. The number of nitrogens with one attached hydrogen (secondary N) is 2. The first-order chi connectivity index (χ1) is 9.89. The molecule has 1 aliphatic rings. The van der Waals surface area contributed by atoms with Crippen LogP contribution in [0.4, 0.5) is 0 Å². The van der Waals surface area contributed by atoms with Gasteiger partial charge in [0.15, 0.2) is 0 Å². The third-order valence-electron chi connectivity index (χ3n) is 3.71. The molecule has 0 saturated carbocycles. The van der Waals surface area contributed by atoms with Gasteiger partial charge in [-0.2, -0.15) is 0 Å². The molecular formula is C15H24N4O2. The minimum atomic E-state index is -0.446. The van der Waals surface area contributed by atoms with Crippen molar-refractivity contribution in [2.45, 2.75) is 46.1 Å². The van der Waals surface area contributed by atoms with Crippen LogP contribution in [0.5, 0.6) is 0 Å². The fraction of sp³-hybridized carbons (Fsp3) is 0.667. The Morgan fingerprint density at radius 3 is 2.86 bits per heavy atom. The van der Waals surface area contributed by atoms with Crippen molar-refractivity contribution in [3.8, 4) is 0 Å². The maximum absolute atomic E-state index is 12.4. The highest BCUT2D eigenvalue weighted by atomic mass is 16.2. The van der Waals surface area contributed by atoms with Crippen LogP contribution >= 0.6 is 0 Å². The molecule has 1 fully saturated rings. The predicted molar refractivity (Wildman–Crippen MR) is 79.5 cm³/mol. The Morgan fingerprint density at radius 1 is 1.48 bits per heavy atom. The van der Waals surface area contributed by atoms with Crippen molar-refractivity contribution in [2.75, 3.05) is 13.1 Å². The van der Waals surface area contributed by atoms with E-state index in [-0.39, 0.29) is 17.9 Å². The first-order valence-electron chi connectivity index (χ1n) is 7.45. The Kier molecular flexibility index (Phi) is 4.65. The number of H-pyrrole nitrogens is 1. The average Bonchev–Trinajstić information content (AvgIpc) is 3.07. The molecule has 1 aromatic rings. The highest BCUT2D eigenvalue weighted by Gasteiger charge is 2.38. The van der Waals surface area contributed by atoms with Crippen LogP contribution in [0.3, 0.4) is 0 Å². The highest BCUT2D eigenvalue weighted by molar-refractivity contribution is 5.90. The first kappa shape index (κ1) is 15.5. The second-order valence-electron chi connectivity index (χ2n) is 6.52. The quantitative estimate of drug-likeness (QED) is 0.872. The summed E-state index contributed by atoms with van der Waals surface area (Å²) in [5.41, 5.74) is 0.544. The van der Waals surface area contributed by atoms with E-state index in [1.807, 2.05) is 20.8 Å². The lowest BCUT2D eigenvalue weighted by atomic mass is 9.94. The molecule has 0 aromatic carbocycles. The van der Waals surface area contributed by atoms with Crippen molar-refractivity contribution in [3.63, 3.8) is 0 Å². The Labute approximate surface area is 125 Å². The van der Waals surface area contributed by atoms with E-state index in [9.17, 15) is 9.59 Å². The van der Waals surface area contributed by atoms with Crippen LogP contribution < -0.4 is 5.32 Å². The maximum atomic E-state index is 12.4. The fourth-order valence-electron chi connectivity index (χ4n) is 2.57. The van der Waals surface area contributed by atoms with Gasteiger partial charge in [-0.05, 0) is 12.8 Å². The summed E-state index contributed by atoms with van der Waals surface area (Å²) in [6.07, 6.45) is 5.72. The molecule has 1 aromatic heterocycles. The van der Waals surface area contributed by atoms with E-state index in [0.29, 0.717) is 19.5 Å². The summed E-state index contributed by atoms with van der Waals surface area (Å²) in [6, 6.07) is -0.321. The number of hydrogen-bond donors (Lipinski definition) is 2. The van der Waals surface area contributed by atoms with Gasteiger partial charge < -0.3 is 15.2 Å². The van der Waals surface area contributed by atoms with Crippen LogP contribution in [0.15, 0.2) is 12.5 Å². The largest absolute Gasteiger partial charge is 0.354 e. The Morgan fingerprint density at radius 2 is 2.24 bits per heavy atom. The lowest BCUT2D eigenvalue weighted by molar-refractivity contribution is -0.144. The number of amides is 2. The van der Waals surface area contributed by atoms with Crippen molar-refractivity contribution >= 4 is 11.8 Å². The van der Waals surface area contributed by atoms with Crippen LogP contribution in [-0.2, 0) is 16.0 Å². The number of hydrogen-bond acceptors (Lipinski definition) is 3. The second kappa shape index (κ2) is 6.28. The molecular weight excluding hydrogens is 268 g/mol. The van der Waals surface area contributed by atoms with Gasteiger partial charge in [0.2, 0.25) is 11.8 Å². The minimum Gasteiger partial charge on any atom is -0.354 e. The Hall–Kier alpha value is -1.85. The van der Waals surface area contributed by atoms with Crippen molar-refractivity contribution in [1.82, 2.24) is 20.2 Å². The van der Waals surface area contributed by atoms with Gasteiger partial charge in [0.25, 0.3) is 0 Å². The molecule has 2 N–H and O–H groups in total. The van der Waals surface area contributed by atoms with Crippen molar-refractivity contribution in [3.05, 3.63) is 18.2 Å². The fourth-order valence-corrected chi connectivity index (χ4v) is 2.57. The van der Waals surface area contributed by atoms with Crippen molar-refractivity contribution in [2.24, 2.45) is 5.41 Å². The summed E-state index contributed by atoms with van der Waals surface area (Å²) >= 11 is 0. The van der Waals surface area contributed by atoms with E-state index >= 15 is 0 Å². The molecule has 0 spiro atoms.